The fourth-order valence-corrected chi connectivity index (χ4v) is 1.62. The predicted octanol–water partition coefficient (Wildman–Crippen LogP) is 1.39. The Balaban J connectivity index is 3.06. The Hall–Kier alpha value is 0.520. The lowest BCUT2D eigenvalue weighted by Crippen LogP contribution is -2.16. The van der Waals surface area contributed by atoms with E-state index in [1.54, 1.807) is 21.6 Å². The summed E-state index contributed by atoms with van der Waals surface area (Å²) in [5.74, 6) is 0.629. The minimum Gasteiger partial charge on any atom is -0.300 e. The zero-order valence-corrected chi connectivity index (χ0v) is 7.79. The van der Waals surface area contributed by atoms with E-state index < -0.39 is 0 Å². The molecule has 2 nitrogen and oxygen atoms in total. The van der Waals surface area contributed by atoms with Crippen LogP contribution in [-0.2, 0) is 4.79 Å². The second kappa shape index (κ2) is 6.64. The van der Waals surface area contributed by atoms with Crippen LogP contribution in [0.2, 0.25) is 0 Å². The van der Waals surface area contributed by atoms with Gasteiger partial charge in [0, 0.05) is 6.26 Å². The summed E-state index contributed by atoms with van der Waals surface area (Å²) >= 11 is 1.34. The lowest BCUT2D eigenvalue weighted by molar-refractivity contribution is -0.116. The molecule has 0 radical (unpaired) electrons. The van der Waals surface area contributed by atoms with E-state index in [-0.39, 0.29) is 5.91 Å². The van der Waals surface area contributed by atoms with E-state index in [0.717, 1.165) is 0 Å². The van der Waals surface area contributed by atoms with Gasteiger partial charge in [-0.1, -0.05) is 33.5 Å². The van der Waals surface area contributed by atoms with Crippen LogP contribution in [0.1, 0.15) is 0 Å². The highest BCUT2D eigenvalue weighted by Crippen LogP contribution is 2.15. The average molecular weight is 183 g/mol. The van der Waals surface area contributed by atoms with Gasteiger partial charge in [-0.2, -0.15) is 0 Å². The van der Waals surface area contributed by atoms with E-state index in [1.807, 2.05) is 12.5 Å². The molecule has 0 aliphatic rings. The highest BCUT2D eigenvalue weighted by atomic mass is 33.1. The van der Waals surface area contributed by atoms with E-state index in [4.69, 9.17) is 0 Å². The number of nitrogens with one attached hydrogen (secondary N) is 1. The van der Waals surface area contributed by atoms with Crippen molar-refractivity contribution in [1.82, 2.24) is 4.72 Å². The zero-order valence-electron chi connectivity index (χ0n) is 5.34. The highest BCUT2D eigenvalue weighted by molar-refractivity contribution is 8.76. The van der Waals surface area contributed by atoms with Crippen LogP contribution in [0, 0.1) is 0 Å². The fourth-order valence-electron chi connectivity index (χ4n) is 0.256. The molecular formula is C4H9NOS3. The van der Waals surface area contributed by atoms with Gasteiger partial charge in [-0.25, -0.2) is 0 Å². The molecule has 0 saturated carbocycles. The van der Waals surface area contributed by atoms with Gasteiger partial charge in [0.2, 0.25) is 5.91 Å². The second-order valence-electron chi connectivity index (χ2n) is 1.16. The minimum atomic E-state index is 0.0850. The first-order valence-electron chi connectivity index (χ1n) is 2.28. The van der Waals surface area contributed by atoms with Crippen LogP contribution in [0.3, 0.4) is 0 Å². The van der Waals surface area contributed by atoms with Gasteiger partial charge in [-0.3, -0.25) is 9.52 Å². The van der Waals surface area contributed by atoms with Crippen molar-refractivity contribution in [3.8, 4) is 0 Å². The van der Waals surface area contributed by atoms with Gasteiger partial charge >= 0.3 is 0 Å². The lowest BCUT2D eigenvalue weighted by atomic mass is 10.8. The standard InChI is InChI=1S/C4H9NOS3/c1-7-5-4(6)3-9-8-2/h3H2,1-2H3,(H,5,6). The van der Waals surface area contributed by atoms with Gasteiger partial charge in [0.15, 0.2) is 0 Å². The van der Waals surface area contributed by atoms with Crippen LogP contribution < -0.4 is 4.72 Å². The largest absolute Gasteiger partial charge is 0.300 e. The first kappa shape index (κ1) is 9.52. The van der Waals surface area contributed by atoms with Crippen LogP contribution >= 0.6 is 33.5 Å². The summed E-state index contributed by atoms with van der Waals surface area (Å²) in [4.78, 5) is 10.6. The van der Waals surface area contributed by atoms with E-state index in [1.165, 1.54) is 11.9 Å². The molecule has 54 valence electrons. The van der Waals surface area contributed by atoms with Crippen molar-refractivity contribution in [2.75, 3.05) is 18.3 Å². The number of rotatable bonds is 4. The van der Waals surface area contributed by atoms with Gasteiger partial charge in [0.25, 0.3) is 0 Å². The molecule has 0 atom stereocenters. The molecule has 0 unspecified atom stereocenters. The molecule has 0 fully saturated rings. The molecule has 0 aliphatic carbocycles. The molecular weight excluding hydrogens is 174 g/mol. The fraction of sp³-hybridized carbons (Fsp3) is 0.750. The van der Waals surface area contributed by atoms with Gasteiger partial charge < -0.3 is 0 Å². The maximum absolute atomic E-state index is 10.6. The minimum absolute atomic E-state index is 0.0850. The summed E-state index contributed by atoms with van der Waals surface area (Å²) in [5, 5.41) is 0. The van der Waals surface area contributed by atoms with Crippen molar-refractivity contribution in [2.24, 2.45) is 0 Å². The van der Waals surface area contributed by atoms with Gasteiger partial charge in [0.05, 0.1) is 5.75 Å². The quantitative estimate of drug-likeness (QED) is 0.527. The maximum Gasteiger partial charge on any atom is 0.240 e. The van der Waals surface area contributed by atoms with E-state index in [0.29, 0.717) is 5.75 Å². The maximum atomic E-state index is 10.6. The lowest BCUT2D eigenvalue weighted by Gasteiger charge is -1.96. The molecule has 1 amide bonds. The van der Waals surface area contributed by atoms with Crippen molar-refractivity contribution in [1.29, 1.82) is 0 Å². The topological polar surface area (TPSA) is 29.1 Å². The Morgan fingerprint density at radius 1 is 1.56 bits per heavy atom. The monoisotopic (exact) mass is 183 g/mol. The smallest absolute Gasteiger partial charge is 0.240 e. The molecule has 0 aromatic heterocycles. The molecule has 0 rings (SSSR count). The normalized spacial score (nSPS) is 9.11. The van der Waals surface area contributed by atoms with Crippen LogP contribution in [0.5, 0.6) is 0 Å². The third-order valence-corrected chi connectivity index (χ3v) is 2.63. The molecule has 0 saturated heterocycles. The molecule has 0 bridgehead atoms. The molecule has 0 aliphatic heterocycles. The average Bonchev–Trinajstić information content (AvgIpc) is 1.85. The van der Waals surface area contributed by atoms with Gasteiger partial charge in [-0.05, 0) is 6.26 Å². The Labute approximate surface area is 67.5 Å². The second-order valence-corrected chi connectivity index (χ2v) is 4.34. The summed E-state index contributed by atoms with van der Waals surface area (Å²) in [6.07, 6.45) is 3.79. The molecule has 5 heteroatoms. The summed E-state index contributed by atoms with van der Waals surface area (Å²) in [6.45, 7) is 0. The number of hydrogen-bond donors (Lipinski definition) is 1. The zero-order chi connectivity index (χ0) is 7.11. The number of amides is 1. The number of carbonyl (C=O) groups excluding carboxylic acids is 1. The molecule has 0 spiro atoms. The van der Waals surface area contributed by atoms with E-state index in [9.17, 15) is 4.79 Å². The Bertz CT molecular complexity index is 87.9. The summed E-state index contributed by atoms with van der Waals surface area (Å²) in [6, 6.07) is 0. The molecule has 0 aromatic carbocycles. The van der Waals surface area contributed by atoms with Crippen molar-refractivity contribution < 1.29 is 4.79 Å². The molecule has 1 N–H and O–H groups in total. The van der Waals surface area contributed by atoms with Crippen molar-refractivity contribution in [3.63, 3.8) is 0 Å². The van der Waals surface area contributed by atoms with E-state index >= 15 is 0 Å². The highest BCUT2D eigenvalue weighted by Gasteiger charge is 1.96. The van der Waals surface area contributed by atoms with Gasteiger partial charge in [0.1, 0.15) is 0 Å². The van der Waals surface area contributed by atoms with Crippen LogP contribution in [0.4, 0.5) is 0 Å². The Morgan fingerprint density at radius 2 is 2.22 bits per heavy atom. The van der Waals surface area contributed by atoms with E-state index in [2.05, 4.69) is 4.72 Å². The third-order valence-electron chi connectivity index (χ3n) is 0.524. The van der Waals surface area contributed by atoms with Crippen molar-refractivity contribution >= 4 is 39.4 Å². The third kappa shape index (κ3) is 6.40. The predicted molar refractivity (Wildman–Crippen MR) is 47.6 cm³/mol. The first-order chi connectivity index (χ1) is 4.31. The first-order valence-corrected chi connectivity index (χ1v) is 6.24. The molecule has 0 aromatic rings. The molecule has 0 heterocycles. The summed E-state index contributed by atoms with van der Waals surface area (Å²) < 4.78 is 2.62. The SMILES string of the molecule is CSNC(=O)CSSC. The summed E-state index contributed by atoms with van der Waals surface area (Å²) in [5.41, 5.74) is 0. The number of carbonyl (C=O) groups is 1. The Kier molecular flexibility index (Phi) is 7.02. The number of hydrogen-bond acceptors (Lipinski definition) is 4. The van der Waals surface area contributed by atoms with Crippen LogP contribution in [0.15, 0.2) is 0 Å². The molecule has 9 heavy (non-hydrogen) atoms. The van der Waals surface area contributed by atoms with Crippen LogP contribution in [0.25, 0.3) is 0 Å². The van der Waals surface area contributed by atoms with Crippen molar-refractivity contribution in [3.05, 3.63) is 0 Å². The summed E-state index contributed by atoms with van der Waals surface area (Å²) in [7, 11) is 3.15. The Morgan fingerprint density at radius 3 is 2.67 bits per heavy atom. The van der Waals surface area contributed by atoms with Crippen molar-refractivity contribution in [2.45, 2.75) is 0 Å². The van der Waals surface area contributed by atoms with Gasteiger partial charge in [-0.15, -0.1) is 0 Å². The van der Waals surface area contributed by atoms with Crippen LogP contribution in [-0.4, -0.2) is 24.2 Å².